The van der Waals surface area contributed by atoms with Gasteiger partial charge in [0.25, 0.3) is 5.91 Å². The number of amides is 2. The fraction of sp³-hybridized carbons (Fsp3) is 0.217. The van der Waals surface area contributed by atoms with E-state index in [1.165, 1.54) is 16.3 Å². The van der Waals surface area contributed by atoms with E-state index in [2.05, 4.69) is 41.0 Å². The van der Waals surface area contributed by atoms with Crippen LogP contribution in [-0.2, 0) is 10.5 Å². The molecule has 28 heavy (non-hydrogen) atoms. The third kappa shape index (κ3) is 4.93. The molecule has 0 bridgehead atoms. The lowest BCUT2D eigenvalue weighted by Gasteiger charge is -2.08. The Balaban J connectivity index is 1.28. The maximum Gasteiger partial charge on any atom is 0.251 e. The number of anilines is 1. The van der Waals surface area contributed by atoms with E-state index < -0.39 is 0 Å². The van der Waals surface area contributed by atoms with Crippen LogP contribution >= 0.6 is 11.8 Å². The standard InChI is InChI=1S/C23H22N2O2S/c26-22(15-28-14-16-8-9-17-4-1-2-5-18(17)12-16)24-21-7-3-6-19(13-21)23(27)25-20-10-11-20/h1-9,12-13,20H,10-11,14-15H2,(H,24,26)(H,25,27). The summed E-state index contributed by atoms with van der Waals surface area (Å²) >= 11 is 1.58. The first-order valence-corrected chi connectivity index (χ1v) is 10.6. The van der Waals surface area contributed by atoms with Gasteiger partial charge in [0.2, 0.25) is 5.91 Å². The minimum Gasteiger partial charge on any atom is -0.349 e. The maximum atomic E-state index is 12.3. The Kier molecular flexibility index (Phi) is 5.63. The monoisotopic (exact) mass is 390 g/mol. The molecule has 3 aromatic rings. The van der Waals surface area contributed by atoms with Gasteiger partial charge in [-0.2, -0.15) is 0 Å². The topological polar surface area (TPSA) is 58.2 Å². The van der Waals surface area contributed by atoms with Crippen molar-refractivity contribution in [3.8, 4) is 0 Å². The first-order chi connectivity index (χ1) is 13.7. The molecule has 0 radical (unpaired) electrons. The van der Waals surface area contributed by atoms with Crippen molar-refractivity contribution in [2.24, 2.45) is 0 Å². The van der Waals surface area contributed by atoms with Gasteiger partial charge >= 0.3 is 0 Å². The SMILES string of the molecule is O=C(CSCc1ccc2ccccc2c1)Nc1cccc(C(=O)NC2CC2)c1. The van der Waals surface area contributed by atoms with Crippen LogP contribution in [0.15, 0.2) is 66.7 Å². The van der Waals surface area contributed by atoms with Crippen LogP contribution in [0.3, 0.4) is 0 Å². The second-order valence-electron chi connectivity index (χ2n) is 7.05. The minimum absolute atomic E-state index is 0.0643. The zero-order valence-electron chi connectivity index (χ0n) is 15.5. The molecule has 0 aliphatic heterocycles. The van der Waals surface area contributed by atoms with Gasteiger partial charge in [-0.3, -0.25) is 9.59 Å². The Labute approximate surface area is 168 Å². The van der Waals surface area contributed by atoms with Crippen LogP contribution in [0.4, 0.5) is 5.69 Å². The van der Waals surface area contributed by atoms with E-state index in [0.29, 0.717) is 23.0 Å². The van der Waals surface area contributed by atoms with Gasteiger partial charge < -0.3 is 10.6 Å². The third-order valence-corrected chi connectivity index (χ3v) is 5.64. The van der Waals surface area contributed by atoms with Gasteiger partial charge in [0.1, 0.15) is 0 Å². The largest absolute Gasteiger partial charge is 0.349 e. The summed E-state index contributed by atoms with van der Waals surface area (Å²) in [6.45, 7) is 0. The molecule has 1 fully saturated rings. The van der Waals surface area contributed by atoms with E-state index in [1.807, 2.05) is 12.1 Å². The van der Waals surface area contributed by atoms with Crippen molar-refractivity contribution in [2.45, 2.75) is 24.6 Å². The normalized spacial score (nSPS) is 13.3. The summed E-state index contributed by atoms with van der Waals surface area (Å²) in [5, 5.41) is 8.28. The summed E-state index contributed by atoms with van der Waals surface area (Å²) in [6.07, 6.45) is 2.10. The second kappa shape index (κ2) is 8.48. The molecule has 4 rings (SSSR count). The Hall–Kier alpha value is -2.79. The number of rotatable bonds is 7. The third-order valence-electron chi connectivity index (χ3n) is 4.64. The first kappa shape index (κ1) is 18.6. The number of thioether (sulfide) groups is 1. The molecule has 2 amide bonds. The molecule has 4 nitrogen and oxygen atoms in total. The summed E-state index contributed by atoms with van der Waals surface area (Å²) in [6, 6.07) is 22.1. The average molecular weight is 391 g/mol. The van der Waals surface area contributed by atoms with Crippen LogP contribution < -0.4 is 10.6 Å². The van der Waals surface area contributed by atoms with Crippen molar-refractivity contribution < 1.29 is 9.59 Å². The molecular formula is C23H22N2O2S. The number of hydrogen-bond donors (Lipinski definition) is 2. The Morgan fingerprint density at radius 1 is 0.929 bits per heavy atom. The summed E-state index contributed by atoms with van der Waals surface area (Å²) in [7, 11) is 0. The number of hydrogen-bond acceptors (Lipinski definition) is 3. The molecule has 0 atom stereocenters. The molecule has 1 aliphatic carbocycles. The molecule has 0 heterocycles. The van der Waals surface area contributed by atoms with Gasteiger partial charge in [-0.1, -0.05) is 48.5 Å². The van der Waals surface area contributed by atoms with E-state index in [4.69, 9.17) is 0 Å². The van der Waals surface area contributed by atoms with Gasteiger partial charge in [0, 0.05) is 23.0 Å². The van der Waals surface area contributed by atoms with Crippen molar-refractivity contribution in [3.63, 3.8) is 0 Å². The zero-order valence-corrected chi connectivity index (χ0v) is 16.3. The number of fused-ring (bicyclic) bond motifs is 1. The van der Waals surface area contributed by atoms with Crippen molar-refractivity contribution in [2.75, 3.05) is 11.1 Å². The summed E-state index contributed by atoms with van der Waals surface area (Å²) in [5.74, 6) is 1.00. The van der Waals surface area contributed by atoms with Crippen LogP contribution in [0.25, 0.3) is 10.8 Å². The minimum atomic E-state index is -0.0794. The zero-order chi connectivity index (χ0) is 19.3. The molecule has 0 spiro atoms. The lowest BCUT2D eigenvalue weighted by molar-refractivity contribution is -0.113. The smallest absolute Gasteiger partial charge is 0.251 e. The number of carbonyl (C=O) groups excluding carboxylic acids is 2. The van der Waals surface area contributed by atoms with Gasteiger partial charge in [-0.15, -0.1) is 11.8 Å². The van der Waals surface area contributed by atoms with Crippen LogP contribution in [0.2, 0.25) is 0 Å². The maximum absolute atomic E-state index is 12.3. The highest BCUT2D eigenvalue weighted by molar-refractivity contribution is 7.99. The highest BCUT2D eigenvalue weighted by atomic mass is 32.2. The van der Waals surface area contributed by atoms with Crippen LogP contribution in [-0.4, -0.2) is 23.6 Å². The van der Waals surface area contributed by atoms with Gasteiger partial charge in [-0.05, 0) is 47.4 Å². The second-order valence-corrected chi connectivity index (χ2v) is 8.04. The highest BCUT2D eigenvalue weighted by Gasteiger charge is 2.23. The van der Waals surface area contributed by atoms with Gasteiger partial charge in [0.15, 0.2) is 0 Å². The molecule has 0 saturated heterocycles. The summed E-state index contributed by atoms with van der Waals surface area (Å²) < 4.78 is 0. The lowest BCUT2D eigenvalue weighted by Crippen LogP contribution is -2.25. The molecule has 0 aromatic heterocycles. The van der Waals surface area contributed by atoms with Crippen molar-refractivity contribution in [3.05, 3.63) is 77.9 Å². The summed E-state index contributed by atoms with van der Waals surface area (Å²) in [5.41, 5.74) is 2.43. The molecule has 2 N–H and O–H groups in total. The molecule has 5 heteroatoms. The molecule has 1 aliphatic rings. The Bertz CT molecular complexity index is 1010. The van der Waals surface area contributed by atoms with E-state index >= 15 is 0 Å². The Morgan fingerprint density at radius 2 is 1.75 bits per heavy atom. The molecule has 3 aromatic carbocycles. The predicted octanol–water partition coefficient (Wildman–Crippen LogP) is 4.60. The summed E-state index contributed by atoms with van der Waals surface area (Å²) in [4.78, 5) is 24.4. The molecular weight excluding hydrogens is 368 g/mol. The molecule has 1 saturated carbocycles. The Morgan fingerprint density at radius 3 is 2.57 bits per heavy atom. The van der Waals surface area contributed by atoms with E-state index in [0.717, 1.165) is 18.6 Å². The van der Waals surface area contributed by atoms with E-state index in [-0.39, 0.29) is 11.8 Å². The predicted molar refractivity (Wildman–Crippen MR) is 116 cm³/mol. The number of nitrogens with one attached hydrogen (secondary N) is 2. The number of benzene rings is 3. The molecule has 0 unspecified atom stereocenters. The fourth-order valence-corrected chi connectivity index (χ4v) is 3.80. The van der Waals surface area contributed by atoms with Crippen molar-refractivity contribution in [1.82, 2.24) is 5.32 Å². The first-order valence-electron chi connectivity index (χ1n) is 9.43. The van der Waals surface area contributed by atoms with E-state index in [9.17, 15) is 9.59 Å². The number of carbonyl (C=O) groups is 2. The average Bonchev–Trinajstić information content (AvgIpc) is 3.52. The van der Waals surface area contributed by atoms with Gasteiger partial charge in [0.05, 0.1) is 5.75 Å². The van der Waals surface area contributed by atoms with Crippen LogP contribution in [0, 0.1) is 0 Å². The van der Waals surface area contributed by atoms with Crippen LogP contribution in [0.5, 0.6) is 0 Å². The van der Waals surface area contributed by atoms with E-state index in [1.54, 1.807) is 36.0 Å². The van der Waals surface area contributed by atoms with Gasteiger partial charge in [-0.25, -0.2) is 0 Å². The highest BCUT2D eigenvalue weighted by Crippen LogP contribution is 2.21. The fourth-order valence-electron chi connectivity index (χ4n) is 3.02. The molecule has 142 valence electrons. The van der Waals surface area contributed by atoms with Crippen molar-refractivity contribution in [1.29, 1.82) is 0 Å². The van der Waals surface area contributed by atoms with Crippen LogP contribution in [0.1, 0.15) is 28.8 Å². The van der Waals surface area contributed by atoms with Crippen molar-refractivity contribution >= 4 is 40.0 Å². The lowest BCUT2D eigenvalue weighted by atomic mass is 10.1. The quantitative estimate of drug-likeness (QED) is 0.620.